The molecular weight excluding hydrogens is 342 g/mol. The Morgan fingerprint density at radius 1 is 0.963 bits per heavy atom. The molecule has 0 bridgehead atoms. The highest BCUT2D eigenvalue weighted by molar-refractivity contribution is 5.95. The number of hydrogen-bond acceptors (Lipinski definition) is 4. The van der Waals surface area contributed by atoms with Gasteiger partial charge in [-0.15, -0.1) is 0 Å². The molecular formula is C22H21NO4. The van der Waals surface area contributed by atoms with Gasteiger partial charge in [0.1, 0.15) is 5.75 Å². The van der Waals surface area contributed by atoms with Crippen LogP contribution in [0.5, 0.6) is 5.75 Å². The van der Waals surface area contributed by atoms with Gasteiger partial charge in [0, 0.05) is 11.1 Å². The molecule has 0 aliphatic rings. The van der Waals surface area contributed by atoms with E-state index >= 15 is 0 Å². The van der Waals surface area contributed by atoms with E-state index in [0.717, 1.165) is 16.3 Å². The monoisotopic (exact) mass is 363 g/mol. The van der Waals surface area contributed by atoms with Gasteiger partial charge in [-0.3, -0.25) is 4.79 Å². The molecule has 0 aromatic heterocycles. The van der Waals surface area contributed by atoms with Crippen LogP contribution < -0.4 is 10.1 Å². The largest absolute Gasteiger partial charge is 0.481 e. The van der Waals surface area contributed by atoms with Crippen molar-refractivity contribution in [2.24, 2.45) is 0 Å². The number of hydrogen-bond donors (Lipinski definition) is 1. The van der Waals surface area contributed by atoms with Gasteiger partial charge >= 0.3 is 5.97 Å². The summed E-state index contributed by atoms with van der Waals surface area (Å²) in [4.78, 5) is 24.2. The number of esters is 1. The molecule has 0 spiro atoms. The van der Waals surface area contributed by atoms with Gasteiger partial charge in [-0.25, -0.2) is 4.79 Å². The number of carbonyl (C=O) groups excluding carboxylic acids is 2. The second-order valence-electron chi connectivity index (χ2n) is 6.25. The normalized spacial score (nSPS) is 11.6. The molecule has 3 aromatic rings. The molecule has 0 fully saturated rings. The summed E-state index contributed by atoms with van der Waals surface area (Å²) in [5.41, 5.74) is 1.75. The Labute approximate surface area is 157 Å². The Kier molecular flexibility index (Phi) is 5.71. The van der Waals surface area contributed by atoms with E-state index in [-0.39, 0.29) is 6.61 Å². The van der Waals surface area contributed by atoms with Crippen LogP contribution in [0.1, 0.15) is 12.5 Å². The molecule has 5 heteroatoms. The van der Waals surface area contributed by atoms with E-state index in [1.54, 1.807) is 18.2 Å². The van der Waals surface area contributed by atoms with Crippen LogP contribution in [0.25, 0.3) is 10.8 Å². The smallest absolute Gasteiger partial charge is 0.344 e. The highest BCUT2D eigenvalue weighted by Crippen LogP contribution is 2.25. The SMILES string of the molecule is Cc1ccc(NC(=O)C(C)OC(=O)COc2cccc3ccccc23)cc1. The van der Waals surface area contributed by atoms with Gasteiger partial charge in [0.2, 0.25) is 0 Å². The second kappa shape index (κ2) is 8.36. The standard InChI is InChI=1S/C22H21NO4/c1-15-10-12-18(13-11-15)23-22(25)16(2)27-21(24)14-26-20-9-5-7-17-6-3-4-8-19(17)20/h3-13,16H,14H2,1-2H3,(H,23,25). The Morgan fingerprint density at radius 2 is 1.67 bits per heavy atom. The predicted octanol–water partition coefficient (Wildman–Crippen LogP) is 4.10. The van der Waals surface area contributed by atoms with E-state index < -0.39 is 18.0 Å². The summed E-state index contributed by atoms with van der Waals surface area (Å²) in [6.45, 7) is 3.22. The van der Waals surface area contributed by atoms with Crippen molar-refractivity contribution in [3.63, 3.8) is 0 Å². The lowest BCUT2D eigenvalue weighted by atomic mass is 10.1. The number of ether oxygens (including phenoxy) is 2. The number of anilines is 1. The Balaban J connectivity index is 1.53. The summed E-state index contributed by atoms with van der Waals surface area (Å²) in [6, 6.07) is 20.7. The molecule has 0 radical (unpaired) electrons. The molecule has 0 heterocycles. The maximum Gasteiger partial charge on any atom is 0.344 e. The van der Waals surface area contributed by atoms with E-state index in [1.165, 1.54) is 6.92 Å². The molecule has 0 aliphatic heterocycles. The van der Waals surface area contributed by atoms with Gasteiger partial charge in [-0.1, -0.05) is 54.1 Å². The van der Waals surface area contributed by atoms with Crippen molar-refractivity contribution in [2.75, 3.05) is 11.9 Å². The average molecular weight is 363 g/mol. The summed E-state index contributed by atoms with van der Waals surface area (Å²) < 4.78 is 10.8. The van der Waals surface area contributed by atoms with Crippen LogP contribution in [0.15, 0.2) is 66.7 Å². The molecule has 3 rings (SSSR count). The molecule has 3 aromatic carbocycles. The fourth-order valence-corrected chi connectivity index (χ4v) is 2.62. The van der Waals surface area contributed by atoms with Crippen molar-refractivity contribution in [3.05, 3.63) is 72.3 Å². The number of benzene rings is 3. The Morgan fingerprint density at radius 3 is 2.44 bits per heavy atom. The fraction of sp³-hybridized carbons (Fsp3) is 0.182. The average Bonchev–Trinajstić information content (AvgIpc) is 2.68. The van der Waals surface area contributed by atoms with Crippen LogP contribution in [0.3, 0.4) is 0 Å². The predicted molar refractivity (Wildman–Crippen MR) is 105 cm³/mol. The van der Waals surface area contributed by atoms with Crippen molar-refractivity contribution >= 4 is 28.3 Å². The zero-order valence-electron chi connectivity index (χ0n) is 15.3. The van der Waals surface area contributed by atoms with Gasteiger partial charge in [0.05, 0.1) is 0 Å². The molecule has 1 amide bonds. The van der Waals surface area contributed by atoms with Crippen LogP contribution in [-0.4, -0.2) is 24.6 Å². The highest BCUT2D eigenvalue weighted by Gasteiger charge is 2.18. The molecule has 0 saturated heterocycles. The first-order valence-corrected chi connectivity index (χ1v) is 8.70. The second-order valence-corrected chi connectivity index (χ2v) is 6.25. The maximum absolute atomic E-state index is 12.2. The first kappa shape index (κ1) is 18.5. The van der Waals surface area contributed by atoms with Crippen LogP contribution in [0.2, 0.25) is 0 Å². The number of nitrogens with one attached hydrogen (secondary N) is 1. The molecule has 0 saturated carbocycles. The zero-order chi connectivity index (χ0) is 19.2. The van der Waals surface area contributed by atoms with Gasteiger partial charge in [-0.05, 0) is 37.4 Å². The van der Waals surface area contributed by atoms with E-state index in [4.69, 9.17) is 9.47 Å². The summed E-state index contributed by atoms with van der Waals surface area (Å²) in [7, 11) is 0. The van der Waals surface area contributed by atoms with E-state index in [2.05, 4.69) is 5.32 Å². The lowest BCUT2D eigenvalue weighted by Gasteiger charge is -2.14. The first-order chi connectivity index (χ1) is 13.0. The molecule has 5 nitrogen and oxygen atoms in total. The van der Waals surface area contributed by atoms with Gasteiger partial charge < -0.3 is 14.8 Å². The van der Waals surface area contributed by atoms with Crippen molar-refractivity contribution in [1.82, 2.24) is 0 Å². The number of rotatable bonds is 6. The van der Waals surface area contributed by atoms with Crippen molar-refractivity contribution in [2.45, 2.75) is 20.0 Å². The van der Waals surface area contributed by atoms with E-state index in [1.807, 2.05) is 55.5 Å². The Hall–Kier alpha value is -3.34. The fourth-order valence-electron chi connectivity index (χ4n) is 2.62. The van der Waals surface area contributed by atoms with Crippen molar-refractivity contribution < 1.29 is 19.1 Å². The van der Waals surface area contributed by atoms with Crippen LogP contribution in [0, 0.1) is 6.92 Å². The quantitative estimate of drug-likeness (QED) is 0.670. The van der Waals surface area contributed by atoms with Gasteiger partial charge in [0.25, 0.3) is 5.91 Å². The third-order valence-electron chi connectivity index (χ3n) is 4.09. The van der Waals surface area contributed by atoms with Crippen LogP contribution in [0.4, 0.5) is 5.69 Å². The third kappa shape index (κ3) is 4.85. The third-order valence-corrected chi connectivity index (χ3v) is 4.09. The van der Waals surface area contributed by atoms with Crippen LogP contribution in [-0.2, 0) is 14.3 Å². The Bertz CT molecular complexity index is 945. The molecule has 1 N–H and O–H groups in total. The number of fused-ring (bicyclic) bond motifs is 1. The maximum atomic E-state index is 12.2. The lowest BCUT2D eigenvalue weighted by Crippen LogP contribution is -2.31. The summed E-state index contributed by atoms with van der Waals surface area (Å²) >= 11 is 0. The van der Waals surface area contributed by atoms with Crippen molar-refractivity contribution in [1.29, 1.82) is 0 Å². The van der Waals surface area contributed by atoms with Gasteiger partial charge in [0.15, 0.2) is 12.7 Å². The minimum Gasteiger partial charge on any atom is -0.481 e. The zero-order valence-corrected chi connectivity index (χ0v) is 15.3. The number of carbonyl (C=O) groups is 2. The first-order valence-electron chi connectivity index (χ1n) is 8.70. The molecule has 1 atom stereocenters. The minimum absolute atomic E-state index is 0.268. The summed E-state index contributed by atoms with van der Waals surface area (Å²) in [5.74, 6) is -0.395. The van der Waals surface area contributed by atoms with Crippen molar-refractivity contribution in [3.8, 4) is 5.75 Å². The van der Waals surface area contributed by atoms with E-state index in [9.17, 15) is 9.59 Å². The van der Waals surface area contributed by atoms with Crippen LogP contribution >= 0.6 is 0 Å². The topological polar surface area (TPSA) is 64.6 Å². The lowest BCUT2D eigenvalue weighted by molar-refractivity contribution is -0.155. The molecule has 1 unspecified atom stereocenters. The minimum atomic E-state index is -0.921. The number of amides is 1. The van der Waals surface area contributed by atoms with Gasteiger partial charge in [-0.2, -0.15) is 0 Å². The molecule has 27 heavy (non-hydrogen) atoms. The van der Waals surface area contributed by atoms with E-state index in [0.29, 0.717) is 11.4 Å². The molecule has 0 aliphatic carbocycles. The molecule has 138 valence electrons. The number of aryl methyl sites for hydroxylation is 1. The highest BCUT2D eigenvalue weighted by atomic mass is 16.6. The summed E-state index contributed by atoms with van der Waals surface area (Å²) in [6.07, 6.45) is -0.921. The summed E-state index contributed by atoms with van der Waals surface area (Å²) in [5, 5.41) is 4.65.